The van der Waals surface area contributed by atoms with Crippen molar-refractivity contribution in [3.8, 4) is 0 Å². The summed E-state index contributed by atoms with van der Waals surface area (Å²) in [5.41, 5.74) is 1.97. The monoisotopic (exact) mass is 333 g/mol. The largest absolute Gasteiger partial charge is 0.322 e. The van der Waals surface area contributed by atoms with E-state index in [0.717, 1.165) is 0 Å². The summed E-state index contributed by atoms with van der Waals surface area (Å²) in [6.45, 7) is 0. The Morgan fingerprint density at radius 2 is 1.86 bits per heavy atom. The van der Waals surface area contributed by atoms with E-state index < -0.39 is 11.7 Å². The van der Waals surface area contributed by atoms with Crippen LogP contribution in [-0.2, 0) is 0 Å². The Kier molecular flexibility index (Phi) is 5.05. The van der Waals surface area contributed by atoms with E-state index in [1.54, 1.807) is 12.1 Å². The van der Waals surface area contributed by atoms with Crippen LogP contribution in [-0.4, -0.2) is 17.4 Å². The zero-order chi connectivity index (χ0) is 15.4. The van der Waals surface area contributed by atoms with Crippen molar-refractivity contribution in [2.45, 2.75) is 11.0 Å². The smallest absolute Gasteiger partial charge is 0.258 e. The highest BCUT2D eigenvalue weighted by molar-refractivity contribution is 8.16. The first-order chi connectivity index (χ1) is 10.7. The molecule has 0 aromatic heterocycles. The van der Waals surface area contributed by atoms with Crippen LogP contribution in [0.25, 0.3) is 0 Å². The van der Waals surface area contributed by atoms with Gasteiger partial charge in [0.25, 0.3) is 5.91 Å². The summed E-state index contributed by atoms with van der Waals surface area (Å²) >= 11 is 3.87. The van der Waals surface area contributed by atoms with Crippen LogP contribution >= 0.6 is 23.5 Å². The van der Waals surface area contributed by atoms with E-state index in [4.69, 9.17) is 0 Å². The molecule has 5 heteroatoms. The molecule has 1 saturated heterocycles. The van der Waals surface area contributed by atoms with Crippen LogP contribution in [0.4, 0.5) is 10.1 Å². The summed E-state index contributed by atoms with van der Waals surface area (Å²) in [5.74, 6) is 1.42. The number of thioether (sulfide) groups is 2. The fourth-order valence-electron chi connectivity index (χ4n) is 2.29. The van der Waals surface area contributed by atoms with Crippen molar-refractivity contribution in [3.05, 3.63) is 65.5 Å². The summed E-state index contributed by atoms with van der Waals surface area (Å²) in [4.78, 5) is 12.2. The van der Waals surface area contributed by atoms with Gasteiger partial charge in [-0.1, -0.05) is 24.3 Å². The summed E-state index contributed by atoms with van der Waals surface area (Å²) in [5, 5.41) is 2.78. The number of carbonyl (C=O) groups is 1. The maximum Gasteiger partial charge on any atom is 0.258 e. The molecule has 1 heterocycles. The molecule has 1 amide bonds. The van der Waals surface area contributed by atoms with Gasteiger partial charge in [-0.3, -0.25) is 4.79 Å². The average molecular weight is 333 g/mol. The van der Waals surface area contributed by atoms with Crippen molar-refractivity contribution in [2.24, 2.45) is 0 Å². The van der Waals surface area contributed by atoms with E-state index in [0.29, 0.717) is 10.3 Å². The summed E-state index contributed by atoms with van der Waals surface area (Å²) in [6, 6.07) is 13.8. The van der Waals surface area contributed by atoms with Crippen molar-refractivity contribution in [3.63, 3.8) is 0 Å². The third-order valence-electron chi connectivity index (χ3n) is 3.36. The topological polar surface area (TPSA) is 29.1 Å². The molecule has 0 aliphatic carbocycles. The molecule has 1 fully saturated rings. The Morgan fingerprint density at radius 1 is 1.09 bits per heavy atom. The second-order valence-corrected chi connectivity index (χ2v) is 7.71. The molecule has 0 spiro atoms. The van der Waals surface area contributed by atoms with Gasteiger partial charge in [-0.2, -0.15) is 0 Å². The molecule has 114 valence electrons. The van der Waals surface area contributed by atoms with Crippen LogP contribution in [0.5, 0.6) is 0 Å². The van der Waals surface area contributed by atoms with Gasteiger partial charge < -0.3 is 5.32 Å². The van der Waals surface area contributed by atoms with Crippen LogP contribution in [0.2, 0.25) is 0 Å². The van der Waals surface area contributed by atoms with Gasteiger partial charge in [0, 0.05) is 5.69 Å². The lowest BCUT2D eigenvalue weighted by atomic mass is 10.1. The minimum atomic E-state index is -0.505. The molecule has 2 aromatic carbocycles. The van der Waals surface area contributed by atoms with E-state index in [2.05, 4.69) is 11.4 Å². The van der Waals surface area contributed by atoms with Gasteiger partial charge in [-0.25, -0.2) is 4.39 Å². The summed E-state index contributed by atoms with van der Waals surface area (Å²) < 4.78 is 14.1. The molecular weight excluding hydrogens is 317 g/mol. The van der Waals surface area contributed by atoms with Crippen molar-refractivity contribution in [2.75, 3.05) is 16.8 Å². The Labute approximate surface area is 137 Å². The van der Waals surface area contributed by atoms with Gasteiger partial charge >= 0.3 is 0 Å². The molecule has 1 N–H and O–H groups in total. The van der Waals surface area contributed by atoms with Gasteiger partial charge in [-0.15, -0.1) is 23.5 Å². The first-order valence-electron chi connectivity index (χ1n) is 7.13. The molecular formula is C17H16FNOS2. The Hall–Kier alpha value is -1.46. The molecule has 0 bridgehead atoms. The second-order valence-electron chi connectivity index (χ2n) is 4.99. The number of hydrogen-bond acceptors (Lipinski definition) is 3. The highest BCUT2D eigenvalue weighted by atomic mass is 32.2. The molecule has 0 unspecified atom stereocenters. The molecule has 1 aliphatic rings. The highest BCUT2D eigenvalue weighted by Gasteiger charge is 2.17. The van der Waals surface area contributed by atoms with Crippen LogP contribution in [0.15, 0.2) is 48.5 Å². The van der Waals surface area contributed by atoms with Crippen LogP contribution in [0, 0.1) is 5.82 Å². The Balaban J connectivity index is 1.75. The fourth-order valence-corrected chi connectivity index (χ4v) is 5.16. The predicted octanol–water partition coefficient (Wildman–Crippen LogP) is 4.95. The second kappa shape index (κ2) is 7.20. The molecule has 2 nitrogen and oxygen atoms in total. The van der Waals surface area contributed by atoms with Crippen molar-refractivity contribution < 1.29 is 9.18 Å². The van der Waals surface area contributed by atoms with Gasteiger partial charge in [-0.05, 0) is 47.8 Å². The lowest BCUT2D eigenvalue weighted by Crippen LogP contribution is -2.13. The normalized spacial score (nSPS) is 15.5. The van der Waals surface area contributed by atoms with E-state index in [1.807, 2.05) is 41.7 Å². The minimum absolute atomic E-state index is 0.0642. The number of halogens is 1. The third kappa shape index (κ3) is 3.65. The highest BCUT2D eigenvalue weighted by Crippen LogP contribution is 2.44. The molecule has 0 atom stereocenters. The van der Waals surface area contributed by atoms with E-state index in [-0.39, 0.29) is 5.56 Å². The zero-order valence-corrected chi connectivity index (χ0v) is 13.6. The SMILES string of the molecule is O=C(Nc1cccc(C2SCCCS2)c1)c1ccccc1F. The first kappa shape index (κ1) is 15.4. The van der Waals surface area contributed by atoms with Gasteiger partial charge in [0.15, 0.2) is 0 Å². The third-order valence-corrected chi connectivity index (χ3v) is 6.38. The van der Waals surface area contributed by atoms with Crippen molar-refractivity contribution in [1.82, 2.24) is 0 Å². The van der Waals surface area contributed by atoms with E-state index in [9.17, 15) is 9.18 Å². The lowest BCUT2D eigenvalue weighted by molar-refractivity contribution is 0.102. The number of carbonyl (C=O) groups excluding carboxylic acids is 1. The van der Waals surface area contributed by atoms with E-state index >= 15 is 0 Å². The number of amides is 1. The molecule has 1 aliphatic heterocycles. The first-order valence-corrected chi connectivity index (χ1v) is 9.23. The zero-order valence-electron chi connectivity index (χ0n) is 11.9. The standard InChI is InChI=1S/C17H16FNOS2/c18-15-8-2-1-7-14(15)16(20)19-13-6-3-5-12(11-13)17-21-9-4-10-22-17/h1-3,5-8,11,17H,4,9-10H2,(H,19,20). The van der Waals surface area contributed by atoms with Gasteiger partial charge in [0.05, 0.1) is 10.1 Å². The van der Waals surface area contributed by atoms with Crippen LogP contribution in [0.1, 0.15) is 26.9 Å². The lowest BCUT2D eigenvalue weighted by Gasteiger charge is -2.21. The number of rotatable bonds is 3. The fraction of sp³-hybridized carbons (Fsp3) is 0.235. The van der Waals surface area contributed by atoms with Gasteiger partial charge in [0.2, 0.25) is 0 Å². The summed E-state index contributed by atoms with van der Waals surface area (Å²) in [6.07, 6.45) is 1.25. The van der Waals surface area contributed by atoms with Gasteiger partial charge in [0.1, 0.15) is 5.82 Å². The van der Waals surface area contributed by atoms with Crippen LogP contribution < -0.4 is 5.32 Å². The van der Waals surface area contributed by atoms with E-state index in [1.165, 1.54) is 35.6 Å². The predicted molar refractivity (Wildman–Crippen MR) is 93.1 cm³/mol. The Morgan fingerprint density at radius 3 is 2.64 bits per heavy atom. The molecule has 22 heavy (non-hydrogen) atoms. The molecule has 0 saturated carbocycles. The quantitative estimate of drug-likeness (QED) is 0.862. The average Bonchev–Trinajstić information content (AvgIpc) is 2.56. The van der Waals surface area contributed by atoms with Crippen molar-refractivity contribution >= 4 is 35.1 Å². The minimum Gasteiger partial charge on any atom is -0.322 e. The number of benzene rings is 2. The number of anilines is 1. The maximum absolute atomic E-state index is 13.6. The number of hydrogen-bond donors (Lipinski definition) is 1. The molecule has 0 radical (unpaired) electrons. The molecule has 2 aromatic rings. The number of nitrogens with one attached hydrogen (secondary N) is 1. The summed E-state index contributed by atoms with van der Waals surface area (Å²) in [7, 11) is 0. The maximum atomic E-state index is 13.6. The Bertz CT molecular complexity index is 671. The van der Waals surface area contributed by atoms with Crippen molar-refractivity contribution in [1.29, 1.82) is 0 Å². The van der Waals surface area contributed by atoms with Crippen LogP contribution in [0.3, 0.4) is 0 Å². The molecule has 3 rings (SSSR count).